The number of amides is 2. The molecule has 2 aromatic carbocycles. The number of aromatic nitrogens is 1. The van der Waals surface area contributed by atoms with E-state index in [9.17, 15) is 27.2 Å². The Bertz CT molecular complexity index is 1800. The predicted octanol–water partition coefficient (Wildman–Crippen LogP) is 3.03. The maximum atomic E-state index is 13.9. The number of nitrogens with one attached hydrogen (secondary N) is 3. The first-order valence-corrected chi connectivity index (χ1v) is 16.0. The fourth-order valence-electron chi connectivity index (χ4n) is 5.75. The molecule has 0 bridgehead atoms. The summed E-state index contributed by atoms with van der Waals surface area (Å²) in [5.41, 5.74) is 1.50. The number of H-pyrrole nitrogens is 1. The summed E-state index contributed by atoms with van der Waals surface area (Å²) < 4.78 is 53.2. The van der Waals surface area contributed by atoms with Crippen LogP contribution < -0.4 is 14.8 Å². The van der Waals surface area contributed by atoms with Crippen molar-refractivity contribution in [1.82, 2.24) is 19.9 Å². The van der Waals surface area contributed by atoms with Crippen LogP contribution in [0.2, 0.25) is 0 Å². The minimum Gasteiger partial charge on any atom is -0.484 e. The Kier molecular flexibility index (Phi) is 6.82. The van der Waals surface area contributed by atoms with Crippen LogP contribution in [0.4, 0.5) is 4.39 Å². The number of carbonyl (C=O) groups excluding carboxylic acids is 3. The van der Waals surface area contributed by atoms with E-state index in [2.05, 4.69) is 15.0 Å². The van der Waals surface area contributed by atoms with Gasteiger partial charge >= 0.3 is 5.97 Å². The molecular formula is C29H31FN4O7S2. The number of hydrogen-bond acceptors (Lipinski definition) is 8. The molecule has 2 fully saturated rings. The standard InChI is InChI=1S/C29H31FN4O7S2/c1-28(2,3)41-27(37)24-29(4,5)42-26-23(25(36)34(24)26)33-21(35)13-40-15-7-8-16-20(11-15)43(38,39)31-12-18-17-10-14(30)6-9-19(17)32-22(16)18/h6-11,23-24,26,31-32H,12-13H2,1-5H3,(H,33,35). The van der Waals surface area contributed by atoms with Gasteiger partial charge in [0.15, 0.2) is 6.61 Å². The first-order valence-electron chi connectivity index (χ1n) is 13.6. The van der Waals surface area contributed by atoms with Crippen molar-refractivity contribution < 1.29 is 36.7 Å². The molecule has 6 rings (SSSR count). The third kappa shape index (κ3) is 5.14. The molecule has 11 nitrogen and oxygen atoms in total. The third-order valence-corrected chi connectivity index (χ3v) is 10.6. The van der Waals surface area contributed by atoms with Crippen LogP contribution in [0, 0.1) is 5.82 Å². The van der Waals surface area contributed by atoms with Gasteiger partial charge in [-0.3, -0.25) is 9.59 Å². The van der Waals surface area contributed by atoms with Crippen molar-refractivity contribution in [3.8, 4) is 17.0 Å². The number of sulfonamides is 1. The van der Waals surface area contributed by atoms with Gasteiger partial charge in [-0.1, -0.05) is 0 Å². The second kappa shape index (κ2) is 9.96. The van der Waals surface area contributed by atoms with Gasteiger partial charge < -0.3 is 24.7 Å². The summed E-state index contributed by atoms with van der Waals surface area (Å²) in [6.45, 7) is 8.49. The van der Waals surface area contributed by atoms with E-state index in [-0.39, 0.29) is 23.1 Å². The maximum absolute atomic E-state index is 13.9. The van der Waals surface area contributed by atoms with Crippen LogP contribution in [-0.2, 0) is 35.7 Å². The molecule has 0 saturated carbocycles. The van der Waals surface area contributed by atoms with Crippen LogP contribution in [-0.4, -0.2) is 70.5 Å². The molecule has 14 heteroatoms. The molecular weight excluding hydrogens is 599 g/mol. The summed E-state index contributed by atoms with van der Waals surface area (Å²) in [4.78, 5) is 43.3. The molecule has 2 amide bonds. The number of aromatic amines is 1. The largest absolute Gasteiger partial charge is 0.484 e. The first-order chi connectivity index (χ1) is 20.1. The monoisotopic (exact) mass is 630 g/mol. The lowest BCUT2D eigenvalue weighted by molar-refractivity contribution is -0.171. The smallest absolute Gasteiger partial charge is 0.330 e. The van der Waals surface area contributed by atoms with Crippen molar-refractivity contribution in [2.75, 3.05) is 6.61 Å². The zero-order valence-electron chi connectivity index (χ0n) is 24.1. The Hall–Kier alpha value is -3.62. The van der Waals surface area contributed by atoms with Crippen molar-refractivity contribution in [2.45, 2.75) is 73.9 Å². The molecule has 0 spiro atoms. The van der Waals surface area contributed by atoms with E-state index in [1.54, 1.807) is 39.0 Å². The van der Waals surface area contributed by atoms with Crippen molar-refractivity contribution in [3.05, 3.63) is 47.8 Å². The topological polar surface area (TPSA) is 147 Å². The number of nitrogens with zero attached hydrogens (tertiary/aromatic N) is 1. The Labute approximate surface area is 251 Å². The zero-order valence-corrected chi connectivity index (χ0v) is 25.7. The molecule has 2 saturated heterocycles. The molecule has 3 unspecified atom stereocenters. The van der Waals surface area contributed by atoms with Gasteiger partial charge in [0.05, 0.1) is 10.6 Å². The van der Waals surface area contributed by atoms with Crippen molar-refractivity contribution in [2.24, 2.45) is 0 Å². The molecule has 3 atom stereocenters. The number of thioether (sulfide) groups is 1. The van der Waals surface area contributed by atoms with E-state index in [0.717, 1.165) is 0 Å². The summed E-state index contributed by atoms with van der Waals surface area (Å²) in [5.74, 6) is -1.75. The summed E-state index contributed by atoms with van der Waals surface area (Å²) in [5, 5.41) is 2.82. The normalized spacial score (nSPS) is 23.4. The molecule has 0 aliphatic carbocycles. The van der Waals surface area contributed by atoms with E-state index in [0.29, 0.717) is 27.7 Å². The zero-order chi connectivity index (χ0) is 31.1. The van der Waals surface area contributed by atoms with Crippen LogP contribution in [0.15, 0.2) is 41.3 Å². The van der Waals surface area contributed by atoms with Crippen LogP contribution in [0.25, 0.3) is 22.2 Å². The van der Waals surface area contributed by atoms with Gasteiger partial charge in [0, 0.05) is 39.4 Å². The number of hydrogen-bond donors (Lipinski definition) is 3. The first kappa shape index (κ1) is 29.5. The maximum Gasteiger partial charge on any atom is 0.330 e. The highest BCUT2D eigenvalue weighted by Crippen LogP contribution is 2.51. The predicted molar refractivity (Wildman–Crippen MR) is 157 cm³/mol. The van der Waals surface area contributed by atoms with E-state index >= 15 is 0 Å². The Morgan fingerprint density at radius 1 is 1.19 bits per heavy atom. The molecule has 3 aliphatic heterocycles. The fourth-order valence-corrected chi connectivity index (χ4v) is 8.59. The third-order valence-electron chi connectivity index (χ3n) is 7.58. The second-order valence-corrected chi connectivity index (χ2v) is 15.8. The highest BCUT2D eigenvalue weighted by atomic mass is 32.2. The lowest BCUT2D eigenvalue weighted by Crippen LogP contribution is -2.71. The van der Waals surface area contributed by atoms with Crippen LogP contribution in [0.3, 0.4) is 0 Å². The summed E-state index contributed by atoms with van der Waals surface area (Å²) in [7, 11) is -3.96. The number of halogens is 1. The number of benzene rings is 2. The van der Waals surface area contributed by atoms with E-state index in [4.69, 9.17) is 9.47 Å². The molecule has 3 aromatic rings. The van der Waals surface area contributed by atoms with Gasteiger partial charge in [-0.25, -0.2) is 22.3 Å². The van der Waals surface area contributed by atoms with Gasteiger partial charge in [-0.15, -0.1) is 11.8 Å². The highest BCUT2D eigenvalue weighted by Gasteiger charge is 2.64. The van der Waals surface area contributed by atoms with Crippen molar-refractivity contribution in [3.63, 3.8) is 0 Å². The van der Waals surface area contributed by atoms with Gasteiger partial charge in [-0.2, -0.15) is 0 Å². The van der Waals surface area contributed by atoms with Crippen molar-refractivity contribution in [1.29, 1.82) is 0 Å². The molecule has 3 N–H and O–H groups in total. The fraction of sp³-hybridized carbons (Fsp3) is 0.414. The van der Waals surface area contributed by atoms with Gasteiger partial charge in [-0.05, 0) is 65.0 Å². The number of esters is 1. The SMILES string of the molecule is CC(C)(C)OC(=O)C1N2C(=O)C(NC(=O)COc3ccc4c(c3)S(=O)(=O)NCc3c-4[nH]c4ccc(F)cc34)C2SC1(C)C. The highest BCUT2D eigenvalue weighted by molar-refractivity contribution is 8.01. The molecule has 43 heavy (non-hydrogen) atoms. The van der Waals surface area contributed by atoms with Crippen LogP contribution in [0.5, 0.6) is 5.75 Å². The van der Waals surface area contributed by atoms with Crippen molar-refractivity contribution >= 4 is 50.5 Å². The molecule has 0 radical (unpaired) electrons. The van der Waals surface area contributed by atoms with E-state index < -0.39 is 62.1 Å². The minimum absolute atomic E-state index is 0.0361. The summed E-state index contributed by atoms with van der Waals surface area (Å²) in [6, 6.07) is 7.08. The average Bonchev–Trinajstić information content (AvgIpc) is 3.36. The van der Waals surface area contributed by atoms with Gasteiger partial charge in [0.2, 0.25) is 15.9 Å². The molecule has 4 heterocycles. The lowest BCUT2D eigenvalue weighted by atomic mass is 9.95. The Morgan fingerprint density at radius 3 is 2.65 bits per heavy atom. The minimum atomic E-state index is -3.96. The number of β-lactam (4-membered cyclic amide) rings is 1. The quantitative estimate of drug-likeness (QED) is 0.288. The van der Waals surface area contributed by atoms with E-state index in [1.807, 2.05) is 13.8 Å². The molecule has 1 aromatic heterocycles. The number of rotatable bonds is 5. The van der Waals surface area contributed by atoms with Crippen LogP contribution >= 0.6 is 11.8 Å². The number of carbonyl (C=O) groups is 3. The number of fused-ring (bicyclic) bond motifs is 6. The Morgan fingerprint density at radius 2 is 1.93 bits per heavy atom. The number of ether oxygens (including phenoxy) is 2. The Balaban J connectivity index is 1.15. The summed E-state index contributed by atoms with van der Waals surface area (Å²) in [6.07, 6.45) is 0. The summed E-state index contributed by atoms with van der Waals surface area (Å²) >= 11 is 1.41. The molecule has 228 valence electrons. The lowest BCUT2D eigenvalue weighted by Gasteiger charge is -2.44. The van der Waals surface area contributed by atoms with Crippen LogP contribution in [0.1, 0.15) is 40.2 Å². The van der Waals surface area contributed by atoms with Gasteiger partial charge in [0.25, 0.3) is 5.91 Å². The average molecular weight is 631 g/mol. The second-order valence-electron chi connectivity index (χ2n) is 12.3. The van der Waals surface area contributed by atoms with E-state index in [1.165, 1.54) is 34.9 Å². The molecule has 3 aliphatic rings. The van der Waals surface area contributed by atoms with Gasteiger partial charge in [0.1, 0.15) is 34.6 Å².